The Morgan fingerprint density at radius 1 is 1.30 bits per heavy atom. The number of benzene rings is 1. The Bertz CT molecular complexity index is 396. The van der Waals surface area contributed by atoms with Crippen LogP contribution in [0.3, 0.4) is 0 Å². The molecule has 112 valence electrons. The first kappa shape index (κ1) is 15.3. The Morgan fingerprint density at radius 3 is 2.60 bits per heavy atom. The number of rotatable bonds is 6. The van der Waals surface area contributed by atoms with Gasteiger partial charge >= 0.3 is 0 Å². The van der Waals surface area contributed by atoms with E-state index in [1.165, 1.54) is 0 Å². The zero-order chi connectivity index (χ0) is 14.4. The molecule has 1 aliphatic rings. The molecule has 1 atom stereocenters. The molecule has 1 aromatic carbocycles. The van der Waals surface area contributed by atoms with Crippen molar-refractivity contribution in [2.24, 2.45) is 0 Å². The van der Waals surface area contributed by atoms with E-state index >= 15 is 0 Å². The number of aliphatic hydroxyl groups excluding tert-OH is 1. The molecule has 1 fully saturated rings. The van der Waals surface area contributed by atoms with Crippen molar-refractivity contribution in [3.05, 3.63) is 29.3 Å². The molecule has 2 N–H and O–H groups in total. The van der Waals surface area contributed by atoms with E-state index in [4.69, 9.17) is 9.47 Å². The van der Waals surface area contributed by atoms with Crippen molar-refractivity contribution in [3.8, 4) is 5.75 Å². The summed E-state index contributed by atoms with van der Waals surface area (Å²) in [5.74, 6) is 0.887. The quantitative estimate of drug-likeness (QED) is 0.834. The van der Waals surface area contributed by atoms with Crippen LogP contribution < -0.4 is 10.1 Å². The number of nitrogens with one attached hydrogen (secondary N) is 1. The first-order valence-electron chi connectivity index (χ1n) is 7.35. The van der Waals surface area contributed by atoms with E-state index in [2.05, 4.69) is 5.32 Å². The molecular formula is C16H25NO3. The lowest BCUT2D eigenvalue weighted by Crippen LogP contribution is -2.40. The molecule has 1 saturated heterocycles. The molecule has 0 bridgehead atoms. The summed E-state index contributed by atoms with van der Waals surface area (Å²) in [6.07, 6.45) is 1.55. The van der Waals surface area contributed by atoms with Crippen LogP contribution in [0.15, 0.2) is 18.2 Å². The number of ether oxygens (including phenoxy) is 2. The van der Waals surface area contributed by atoms with Gasteiger partial charge in [-0.25, -0.2) is 0 Å². The Hall–Kier alpha value is -1.10. The van der Waals surface area contributed by atoms with Gasteiger partial charge in [0.05, 0.1) is 0 Å². The van der Waals surface area contributed by atoms with Gasteiger partial charge in [0.2, 0.25) is 0 Å². The Labute approximate surface area is 121 Å². The minimum atomic E-state index is -0.489. The molecule has 0 aromatic heterocycles. The smallest absolute Gasteiger partial charge is 0.125 e. The van der Waals surface area contributed by atoms with Crippen molar-refractivity contribution in [1.82, 2.24) is 5.32 Å². The molecule has 0 saturated carbocycles. The standard InChI is InChI=1S/C16H25NO3/c1-12-4-3-5-13(2)16(12)20-11-15(18)10-17-14-6-8-19-9-7-14/h3-5,14-15,17-18H,6-11H2,1-2H3. The van der Waals surface area contributed by atoms with Crippen LogP contribution in [0.4, 0.5) is 0 Å². The lowest BCUT2D eigenvalue weighted by Gasteiger charge is -2.24. The highest BCUT2D eigenvalue weighted by molar-refractivity contribution is 5.39. The third-order valence-corrected chi connectivity index (χ3v) is 3.69. The summed E-state index contributed by atoms with van der Waals surface area (Å²) >= 11 is 0. The molecule has 1 unspecified atom stereocenters. The van der Waals surface area contributed by atoms with E-state index in [-0.39, 0.29) is 0 Å². The molecule has 1 aromatic rings. The van der Waals surface area contributed by atoms with Crippen LogP contribution >= 0.6 is 0 Å². The van der Waals surface area contributed by atoms with Crippen molar-refractivity contribution in [2.75, 3.05) is 26.4 Å². The summed E-state index contributed by atoms with van der Waals surface area (Å²) in [6, 6.07) is 6.52. The summed E-state index contributed by atoms with van der Waals surface area (Å²) in [4.78, 5) is 0. The fraction of sp³-hybridized carbons (Fsp3) is 0.625. The second-order valence-electron chi connectivity index (χ2n) is 5.48. The molecular weight excluding hydrogens is 254 g/mol. The van der Waals surface area contributed by atoms with Gasteiger partial charge in [-0.3, -0.25) is 0 Å². The van der Waals surface area contributed by atoms with Crippen LogP contribution in [0.2, 0.25) is 0 Å². The van der Waals surface area contributed by atoms with E-state index in [0.29, 0.717) is 19.2 Å². The van der Waals surface area contributed by atoms with Gasteiger partial charge in [-0.15, -0.1) is 0 Å². The molecule has 4 heteroatoms. The minimum Gasteiger partial charge on any atom is -0.490 e. The maximum Gasteiger partial charge on any atom is 0.125 e. The largest absolute Gasteiger partial charge is 0.490 e. The molecule has 1 aliphatic heterocycles. The lowest BCUT2D eigenvalue weighted by atomic mass is 10.1. The molecule has 0 aliphatic carbocycles. The van der Waals surface area contributed by atoms with Gasteiger partial charge in [-0.05, 0) is 37.8 Å². The van der Waals surface area contributed by atoms with Crippen molar-refractivity contribution in [2.45, 2.75) is 38.8 Å². The SMILES string of the molecule is Cc1cccc(C)c1OCC(O)CNC1CCOCC1. The van der Waals surface area contributed by atoms with E-state index < -0.39 is 6.10 Å². The van der Waals surface area contributed by atoms with E-state index in [1.54, 1.807) is 0 Å². The Kier molecular flexibility index (Phi) is 5.83. The second-order valence-corrected chi connectivity index (χ2v) is 5.48. The molecule has 2 rings (SSSR count). The van der Waals surface area contributed by atoms with Crippen molar-refractivity contribution in [1.29, 1.82) is 0 Å². The zero-order valence-corrected chi connectivity index (χ0v) is 12.4. The first-order chi connectivity index (χ1) is 9.66. The van der Waals surface area contributed by atoms with Gasteiger partial charge in [0.1, 0.15) is 18.5 Å². The van der Waals surface area contributed by atoms with Crippen LogP contribution in [-0.4, -0.2) is 43.6 Å². The van der Waals surface area contributed by atoms with Crippen molar-refractivity contribution >= 4 is 0 Å². The number of aliphatic hydroxyl groups is 1. The summed E-state index contributed by atoms with van der Waals surface area (Å²) in [7, 11) is 0. The van der Waals surface area contributed by atoms with Gasteiger partial charge < -0.3 is 19.9 Å². The van der Waals surface area contributed by atoms with E-state index in [9.17, 15) is 5.11 Å². The first-order valence-corrected chi connectivity index (χ1v) is 7.35. The molecule has 20 heavy (non-hydrogen) atoms. The maximum absolute atomic E-state index is 10.0. The third kappa shape index (κ3) is 4.47. The summed E-state index contributed by atoms with van der Waals surface area (Å²) in [6.45, 7) is 6.56. The van der Waals surface area contributed by atoms with Gasteiger partial charge in [-0.1, -0.05) is 18.2 Å². The predicted octanol–water partition coefficient (Wildman–Crippen LogP) is 1.81. The zero-order valence-electron chi connectivity index (χ0n) is 12.4. The highest BCUT2D eigenvalue weighted by Gasteiger charge is 2.15. The molecule has 1 heterocycles. The topological polar surface area (TPSA) is 50.7 Å². The minimum absolute atomic E-state index is 0.321. The van der Waals surface area contributed by atoms with Crippen LogP contribution in [0, 0.1) is 13.8 Å². The van der Waals surface area contributed by atoms with E-state index in [0.717, 1.165) is 42.9 Å². The summed E-state index contributed by atoms with van der Waals surface area (Å²) < 4.78 is 11.1. The number of hydrogen-bond acceptors (Lipinski definition) is 4. The summed E-state index contributed by atoms with van der Waals surface area (Å²) in [5, 5.41) is 13.4. The maximum atomic E-state index is 10.0. The van der Waals surface area contributed by atoms with Gasteiger partial charge in [0, 0.05) is 25.8 Å². The average Bonchev–Trinajstić information content (AvgIpc) is 2.46. The van der Waals surface area contributed by atoms with Crippen LogP contribution in [0.25, 0.3) is 0 Å². The third-order valence-electron chi connectivity index (χ3n) is 3.69. The van der Waals surface area contributed by atoms with Crippen LogP contribution in [0.5, 0.6) is 5.75 Å². The second kappa shape index (κ2) is 7.62. The summed E-state index contributed by atoms with van der Waals surface area (Å²) in [5.41, 5.74) is 2.21. The number of para-hydroxylation sites is 1. The lowest BCUT2D eigenvalue weighted by molar-refractivity contribution is 0.0653. The monoisotopic (exact) mass is 279 g/mol. The number of hydrogen-bond donors (Lipinski definition) is 2. The van der Waals surface area contributed by atoms with Crippen molar-refractivity contribution < 1.29 is 14.6 Å². The Balaban J connectivity index is 1.73. The Morgan fingerprint density at radius 2 is 1.95 bits per heavy atom. The van der Waals surface area contributed by atoms with E-state index in [1.807, 2.05) is 32.0 Å². The molecule has 0 amide bonds. The van der Waals surface area contributed by atoms with Gasteiger partial charge in [0.15, 0.2) is 0 Å². The fourth-order valence-corrected chi connectivity index (χ4v) is 2.47. The highest BCUT2D eigenvalue weighted by Crippen LogP contribution is 2.22. The molecule has 0 spiro atoms. The number of aryl methyl sites for hydroxylation is 2. The van der Waals surface area contributed by atoms with Crippen molar-refractivity contribution in [3.63, 3.8) is 0 Å². The highest BCUT2D eigenvalue weighted by atomic mass is 16.5. The molecule has 4 nitrogen and oxygen atoms in total. The van der Waals surface area contributed by atoms with Crippen LogP contribution in [0.1, 0.15) is 24.0 Å². The predicted molar refractivity (Wildman–Crippen MR) is 79.3 cm³/mol. The molecule has 0 radical (unpaired) electrons. The fourth-order valence-electron chi connectivity index (χ4n) is 2.47. The van der Waals surface area contributed by atoms with Gasteiger partial charge in [0.25, 0.3) is 0 Å². The van der Waals surface area contributed by atoms with Gasteiger partial charge in [-0.2, -0.15) is 0 Å². The van der Waals surface area contributed by atoms with Crippen LogP contribution in [-0.2, 0) is 4.74 Å². The average molecular weight is 279 g/mol. The normalized spacial score (nSPS) is 17.9.